The first-order valence-corrected chi connectivity index (χ1v) is 9.22. The van der Waals surface area contributed by atoms with Crippen molar-refractivity contribution in [1.29, 1.82) is 0 Å². The Morgan fingerprint density at radius 1 is 1.11 bits per heavy atom. The average Bonchev–Trinajstić information content (AvgIpc) is 3.16. The van der Waals surface area contributed by atoms with E-state index in [0.29, 0.717) is 23.7 Å². The van der Waals surface area contributed by atoms with E-state index >= 15 is 0 Å². The quantitative estimate of drug-likeness (QED) is 0.712. The van der Waals surface area contributed by atoms with Gasteiger partial charge in [-0.05, 0) is 37.0 Å². The Kier molecular flexibility index (Phi) is 3.36. The maximum Gasteiger partial charge on any atom is 0.262 e. The number of amides is 4. The van der Waals surface area contributed by atoms with E-state index in [1.807, 2.05) is 6.07 Å². The highest BCUT2D eigenvalue weighted by Crippen LogP contribution is 2.43. The number of fused-ring (bicyclic) bond motifs is 2. The van der Waals surface area contributed by atoms with E-state index in [-0.39, 0.29) is 24.3 Å². The Morgan fingerprint density at radius 3 is 2.52 bits per heavy atom. The molecule has 4 aliphatic heterocycles. The summed E-state index contributed by atoms with van der Waals surface area (Å²) in [6.45, 7) is 1.54. The molecule has 27 heavy (non-hydrogen) atoms. The highest BCUT2D eigenvalue weighted by atomic mass is 16.2. The second kappa shape index (κ2) is 5.46. The Balaban J connectivity index is 1.38. The number of carbonyl (C=O) groups excluding carboxylic acids is 4. The minimum absolute atomic E-state index is 0.0598. The molecular weight excluding hydrogens is 348 g/mol. The zero-order valence-electron chi connectivity index (χ0n) is 14.7. The van der Waals surface area contributed by atoms with Gasteiger partial charge in [0.2, 0.25) is 11.8 Å². The third-order valence-corrected chi connectivity index (χ3v) is 6.21. The molecule has 2 bridgehead atoms. The molecule has 0 radical (unpaired) electrons. The lowest BCUT2D eigenvalue weighted by atomic mass is 9.79. The fourth-order valence-electron chi connectivity index (χ4n) is 4.84. The largest absolute Gasteiger partial charge is 0.324 e. The molecule has 1 saturated carbocycles. The van der Waals surface area contributed by atoms with Crippen LogP contribution in [0.3, 0.4) is 0 Å². The van der Waals surface area contributed by atoms with E-state index in [0.717, 1.165) is 29.8 Å². The van der Waals surface area contributed by atoms with Crippen LogP contribution >= 0.6 is 0 Å². The van der Waals surface area contributed by atoms with Gasteiger partial charge in [-0.25, -0.2) is 0 Å². The summed E-state index contributed by atoms with van der Waals surface area (Å²) < 4.78 is 0. The summed E-state index contributed by atoms with van der Waals surface area (Å²) >= 11 is 0. The third-order valence-electron chi connectivity index (χ3n) is 6.21. The van der Waals surface area contributed by atoms with Crippen LogP contribution in [-0.2, 0) is 16.1 Å². The maximum absolute atomic E-state index is 12.9. The zero-order chi connectivity index (χ0) is 18.9. The summed E-state index contributed by atoms with van der Waals surface area (Å²) in [6, 6.07) is 4.84. The molecule has 6 rings (SSSR count). The molecule has 5 aliphatic rings. The summed E-state index contributed by atoms with van der Waals surface area (Å²) in [5, 5.41) is 2.20. The number of nitrogens with one attached hydrogen (secondary N) is 1. The molecule has 1 aromatic rings. The number of rotatable bonds is 3. The van der Waals surface area contributed by atoms with Gasteiger partial charge in [-0.1, -0.05) is 6.07 Å². The molecule has 140 valence electrons. The number of piperidine rings is 1. The fraction of sp³-hybridized carbons (Fsp3) is 0.474. The zero-order valence-corrected chi connectivity index (χ0v) is 14.7. The topological polar surface area (TPSA) is 113 Å². The standard InChI is InChI=1S/C19H20N4O4/c20-19-6-11(7-19)22(9-19)8-10-1-2-12-13(5-10)18(27)23(17(12)26)14-3-4-15(24)21-16(14)25/h1-2,5,11,14H,3-4,6-9,20H2,(H,21,24,25). The van der Waals surface area contributed by atoms with Gasteiger partial charge in [-0.3, -0.25) is 34.3 Å². The predicted octanol–water partition coefficient (Wildman–Crippen LogP) is -0.237. The van der Waals surface area contributed by atoms with Gasteiger partial charge < -0.3 is 5.73 Å². The van der Waals surface area contributed by atoms with E-state index in [2.05, 4.69) is 10.2 Å². The summed E-state index contributed by atoms with van der Waals surface area (Å²) in [4.78, 5) is 52.3. The smallest absolute Gasteiger partial charge is 0.262 e. The Morgan fingerprint density at radius 2 is 1.85 bits per heavy atom. The van der Waals surface area contributed by atoms with Crippen LogP contribution in [0.2, 0.25) is 0 Å². The number of nitrogens with zero attached hydrogens (tertiary/aromatic N) is 2. The number of nitrogens with two attached hydrogens (primary N) is 1. The molecule has 1 unspecified atom stereocenters. The highest BCUT2D eigenvalue weighted by Gasteiger charge is 2.52. The minimum atomic E-state index is -0.929. The lowest BCUT2D eigenvalue weighted by Crippen LogP contribution is -2.54. The predicted molar refractivity (Wildman–Crippen MR) is 93.5 cm³/mol. The van der Waals surface area contributed by atoms with Crippen LogP contribution in [0.15, 0.2) is 18.2 Å². The van der Waals surface area contributed by atoms with Crippen molar-refractivity contribution in [2.24, 2.45) is 5.73 Å². The molecule has 1 aliphatic carbocycles. The van der Waals surface area contributed by atoms with Gasteiger partial charge in [-0.15, -0.1) is 0 Å². The number of hydrogen-bond donors (Lipinski definition) is 2. The van der Waals surface area contributed by atoms with Crippen LogP contribution in [0.25, 0.3) is 0 Å². The molecule has 1 aromatic carbocycles. The molecule has 4 fully saturated rings. The lowest BCUT2D eigenvalue weighted by molar-refractivity contribution is -0.136. The van der Waals surface area contributed by atoms with Crippen molar-refractivity contribution in [2.75, 3.05) is 6.54 Å². The van der Waals surface area contributed by atoms with E-state index in [1.165, 1.54) is 0 Å². The number of benzene rings is 1. The molecular formula is C19H20N4O4. The molecule has 3 N–H and O–H groups in total. The average molecular weight is 368 g/mol. The minimum Gasteiger partial charge on any atom is -0.324 e. The molecule has 4 heterocycles. The van der Waals surface area contributed by atoms with Gasteiger partial charge in [0.1, 0.15) is 6.04 Å². The molecule has 8 heteroatoms. The van der Waals surface area contributed by atoms with E-state index in [4.69, 9.17) is 5.73 Å². The van der Waals surface area contributed by atoms with Gasteiger partial charge in [0.25, 0.3) is 11.8 Å². The number of imide groups is 2. The second-order valence-electron chi connectivity index (χ2n) is 8.16. The molecule has 8 nitrogen and oxygen atoms in total. The monoisotopic (exact) mass is 368 g/mol. The van der Waals surface area contributed by atoms with Gasteiger partial charge in [-0.2, -0.15) is 0 Å². The van der Waals surface area contributed by atoms with Crippen LogP contribution in [0.1, 0.15) is 52.0 Å². The molecule has 4 amide bonds. The van der Waals surface area contributed by atoms with Crippen molar-refractivity contribution in [1.82, 2.24) is 15.1 Å². The number of carbonyl (C=O) groups is 4. The Hall–Kier alpha value is -2.58. The first kappa shape index (κ1) is 16.6. The van der Waals surface area contributed by atoms with Crippen LogP contribution in [0.4, 0.5) is 0 Å². The van der Waals surface area contributed by atoms with Crippen molar-refractivity contribution in [3.05, 3.63) is 34.9 Å². The Bertz CT molecular complexity index is 905. The first-order chi connectivity index (χ1) is 12.8. The normalized spacial score (nSPS) is 32.6. The molecule has 3 saturated heterocycles. The van der Waals surface area contributed by atoms with Gasteiger partial charge in [0.05, 0.1) is 11.1 Å². The summed E-state index contributed by atoms with van der Waals surface area (Å²) in [5.41, 5.74) is 7.77. The second-order valence-corrected chi connectivity index (χ2v) is 8.16. The Labute approximate surface area is 155 Å². The highest BCUT2D eigenvalue weighted by molar-refractivity contribution is 6.23. The van der Waals surface area contributed by atoms with Gasteiger partial charge in [0.15, 0.2) is 0 Å². The molecule has 0 aromatic heterocycles. The molecule has 1 atom stereocenters. The van der Waals surface area contributed by atoms with Crippen molar-refractivity contribution in [3.63, 3.8) is 0 Å². The van der Waals surface area contributed by atoms with Crippen molar-refractivity contribution < 1.29 is 19.2 Å². The molecule has 0 spiro atoms. The lowest BCUT2D eigenvalue weighted by Gasteiger charge is -2.33. The summed E-state index contributed by atoms with van der Waals surface area (Å²) in [7, 11) is 0. The van der Waals surface area contributed by atoms with Crippen molar-refractivity contribution >= 4 is 23.6 Å². The fourth-order valence-corrected chi connectivity index (χ4v) is 4.84. The van der Waals surface area contributed by atoms with Crippen LogP contribution < -0.4 is 11.1 Å². The van der Waals surface area contributed by atoms with Crippen molar-refractivity contribution in [3.8, 4) is 0 Å². The summed E-state index contributed by atoms with van der Waals surface area (Å²) in [6.07, 6.45) is 2.31. The van der Waals surface area contributed by atoms with Gasteiger partial charge >= 0.3 is 0 Å². The van der Waals surface area contributed by atoms with Gasteiger partial charge in [0, 0.05) is 31.1 Å². The summed E-state index contributed by atoms with van der Waals surface area (Å²) in [5.74, 6) is -1.91. The maximum atomic E-state index is 12.9. The van der Waals surface area contributed by atoms with Crippen LogP contribution in [-0.4, -0.2) is 57.6 Å². The third kappa shape index (κ3) is 2.44. The van der Waals surface area contributed by atoms with Crippen molar-refractivity contribution in [2.45, 2.75) is 49.9 Å². The number of hydrogen-bond acceptors (Lipinski definition) is 6. The van der Waals surface area contributed by atoms with E-state index < -0.39 is 23.8 Å². The van der Waals surface area contributed by atoms with Crippen LogP contribution in [0.5, 0.6) is 0 Å². The SMILES string of the molecule is NC12CC(C1)N(Cc1ccc3c(c1)C(=O)N(C1CCC(=O)NC1=O)C3=O)C2. The van der Waals surface area contributed by atoms with E-state index in [1.54, 1.807) is 12.1 Å². The van der Waals surface area contributed by atoms with Crippen LogP contribution in [0, 0.1) is 0 Å². The van der Waals surface area contributed by atoms with E-state index in [9.17, 15) is 19.2 Å². The first-order valence-electron chi connectivity index (χ1n) is 9.22.